The van der Waals surface area contributed by atoms with Crippen molar-refractivity contribution in [3.63, 3.8) is 0 Å². The molecular formula is C52H37BN2OS. The van der Waals surface area contributed by atoms with Crippen molar-refractivity contribution < 1.29 is 4.42 Å². The lowest BCUT2D eigenvalue weighted by atomic mass is 9.43. The van der Waals surface area contributed by atoms with Crippen LogP contribution in [0.1, 0.15) is 25.3 Å². The SMILES string of the molecule is CCCCc1ccc(N2c3cc4c(oc5ccccc54)c4c3B(c3ccc5sc6ccccc6c5c32)N(c2ccccc2)c2ccccc2-4)c(-c2ccccc2)c1. The van der Waals surface area contributed by atoms with Gasteiger partial charge in [-0.3, -0.25) is 0 Å². The van der Waals surface area contributed by atoms with Crippen molar-refractivity contribution in [3.8, 4) is 22.3 Å². The average Bonchev–Trinajstić information content (AvgIpc) is 3.85. The zero-order valence-corrected chi connectivity index (χ0v) is 32.4. The highest BCUT2D eigenvalue weighted by atomic mass is 32.1. The first kappa shape index (κ1) is 32.7. The molecule has 5 heteroatoms. The molecule has 57 heavy (non-hydrogen) atoms. The summed E-state index contributed by atoms with van der Waals surface area (Å²) in [6, 6.07) is 62.9. The van der Waals surface area contributed by atoms with Gasteiger partial charge in [-0.1, -0.05) is 129 Å². The fourth-order valence-electron chi connectivity index (χ4n) is 9.73. The molecule has 0 saturated heterocycles. The number of unbranched alkanes of at least 4 members (excludes halogenated alkanes) is 1. The fourth-order valence-corrected chi connectivity index (χ4v) is 10.8. The summed E-state index contributed by atoms with van der Waals surface area (Å²) >= 11 is 1.89. The summed E-state index contributed by atoms with van der Waals surface area (Å²) in [5, 5.41) is 4.87. The van der Waals surface area contributed by atoms with Crippen LogP contribution >= 0.6 is 11.3 Å². The third-order valence-electron chi connectivity index (χ3n) is 12.2. The van der Waals surface area contributed by atoms with E-state index in [1.54, 1.807) is 0 Å². The lowest BCUT2D eigenvalue weighted by molar-refractivity contribution is 0.670. The van der Waals surface area contributed by atoms with Crippen LogP contribution in [0.4, 0.5) is 28.4 Å². The first-order valence-corrected chi connectivity index (χ1v) is 20.9. The number of furan rings is 1. The number of anilines is 5. The molecular weight excluding hydrogens is 711 g/mol. The van der Waals surface area contributed by atoms with E-state index < -0.39 is 0 Å². The van der Waals surface area contributed by atoms with Gasteiger partial charge in [-0.25, -0.2) is 0 Å². The molecule has 2 aliphatic heterocycles. The van der Waals surface area contributed by atoms with Crippen LogP contribution in [0.15, 0.2) is 174 Å². The number of hydrogen-bond donors (Lipinski definition) is 0. The minimum atomic E-state index is -0.122. The highest BCUT2D eigenvalue weighted by Gasteiger charge is 2.47. The quantitative estimate of drug-likeness (QED) is 0.158. The zero-order valence-electron chi connectivity index (χ0n) is 31.6. The van der Waals surface area contributed by atoms with E-state index in [1.165, 1.54) is 81.7 Å². The number of benzene rings is 8. The van der Waals surface area contributed by atoms with Crippen LogP contribution in [0, 0.1) is 0 Å². The van der Waals surface area contributed by atoms with Crippen molar-refractivity contribution in [2.45, 2.75) is 26.2 Å². The van der Waals surface area contributed by atoms with Gasteiger partial charge in [0.05, 0.1) is 11.4 Å². The van der Waals surface area contributed by atoms with Crippen molar-refractivity contribution in [2.75, 3.05) is 9.71 Å². The molecule has 0 fully saturated rings. The van der Waals surface area contributed by atoms with Crippen LogP contribution in [0.2, 0.25) is 0 Å². The van der Waals surface area contributed by atoms with Crippen LogP contribution in [-0.4, -0.2) is 6.85 Å². The second-order valence-corrected chi connectivity index (χ2v) is 16.5. The van der Waals surface area contributed by atoms with Crippen molar-refractivity contribution in [1.82, 2.24) is 0 Å². The number of fused-ring (bicyclic) bond motifs is 12. The smallest absolute Gasteiger partial charge is 0.333 e. The lowest BCUT2D eigenvalue weighted by Crippen LogP contribution is -2.61. The number of aryl methyl sites for hydroxylation is 1. The van der Waals surface area contributed by atoms with Gasteiger partial charge in [0.2, 0.25) is 0 Å². The van der Waals surface area contributed by atoms with E-state index in [2.05, 4.69) is 186 Å². The van der Waals surface area contributed by atoms with Crippen LogP contribution in [-0.2, 0) is 6.42 Å². The molecule has 0 amide bonds. The molecule has 0 spiro atoms. The minimum Gasteiger partial charge on any atom is -0.455 e. The Morgan fingerprint density at radius 3 is 2.21 bits per heavy atom. The molecule has 0 unspecified atom stereocenters. The molecule has 0 N–H and O–H groups in total. The van der Waals surface area contributed by atoms with Gasteiger partial charge in [0.15, 0.2) is 0 Å². The van der Waals surface area contributed by atoms with E-state index in [-0.39, 0.29) is 6.85 Å². The summed E-state index contributed by atoms with van der Waals surface area (Å²) in [5.74, 6) is 0. The molecule has 0 aliphatic carbocycles. The lowest BCUT2D eigenvalue weighted by Gasteiger charge is -2.46. The van der Waals surface area contributed by atoms with E-state index in [0.29, 0.717) is 0 Å². The van der Waals surface area contributed by atoms with E-state index in [1.807, 2.05) is 11.3 Å². The zero-order chi connectivity index (χ0) is 37.6. The van der Waals surface area contributed by atoms with E-state index in [9.17, 15) is 0 Å². The molecule has 10 aromatic rings. The molecule has 3 nitrogen and oxygen atoms in total. The predicted molar refractivity (Wildman–Crippen MR) is 244 cm³/mol. The fraction of sp³-hybridized carbons (Fsp3) is 0.0769. The van der Waals surface area contributed by atoms with Gasteiger partial charge in [0.25, 0.3) is 0 Å². The topological polar surface area (TPSA) is 19.6 Å². The number of hydrogen-bond acceptors (Lipinski definition) is 4. The predicted octanol–water partition coefficient (Wildman–Crippen LogP) is 13.7. The monoisotopic (exact) mass is 748 g/mol. The van der Waals surface area contributed by atoms with E-state index in [0.717, 1.165) is 46.9 Å². The summed E-state index contributed by atoms with van der Waals surface area (Å²) in [5.41, 5.74) is 16.6. The number of rotatable bonds is 6. The largest absolute Gasteiger partial charge is 0.455 e. The minimum absolute atomic E-state index is 0.122. The molecule has 0 atom stereocenters. The summed E-state index contributed by atoms with van der Waals surface area (Å²) in [7, 11) is 0. The van der Waals surface area contributed by atoms with Crippen molar-refractivity contribution in [3.05, 3.63) is 175 Å². The summed E-state index contributed by atoms with van der Waals surface area (Å²) in [4.78, 5) is 5.22. The molecule has 0 bridgehead atoms. The summed E-state index contributed by atoms with van der Waals surface area (Å²) < 4.78 is 9.57. The second kappa shape index (κ2) is 12.7. The standard InChI is InChI=1S/C52H37BN2OS/c1-2-3-16-33-27-29-42(39(31-33)34-17-6-4-7-18-34)54-44-32-40-36-21-11-14-25-45(36)56-52(40)49-37-22-10-13-24-43(37)55(35-19-8-5-9-20-35)53(50(44)49)41-28-30-47-48(51(41)54)38-23-12-15-26-46(38)57-47/h4-15,17-32H,2-3,16H2,1H3. The maximum Gasteiger partial charge on any atom is 0.333 e. The first-order valence-electron chi connectivity index (χ1n) is 20.1. The van der Waals surface area contributed by atoms with Gasteiger partial charge < -0.3 is 14.1 Å². The molecule has 0 radical (unpaired) electrons. The molecule has 0 saturated carbocycles. The third-order valence-corrected chi connectivity index (χ3v) is 13.3. The third kappa shape index (κ3) is 4.79. The Morgan fingerprint density at radius 2 is 1.35 bits per heavy atom. The molecule has 12 rings (SSSR count). The van der Waals surface area contributed by atoms with E-state index in [4.69, 9.17) is 4.42 Å². The molecule has 2 aromatic heterocycles. The van der Waals surface area contributed by atoms with Crippen LogP contribution < -0.4 is 20.6 Å². The average molecular weight is 749 g/mol. The Bertz CT molecular complexity index is 3200. The molecule has 4 heterocycles. The Morgan fingerprint density at radius 1 is 0.596 bits per heavy atom. The van der Waals surface area contributed by atoms with Gasteiger partial charge >= 0.3 is 6.85 Å². The number of thiophene rings is 1. The Kier molecular flexibility index (Phi) is 7.30. The van der Waals surface area contributed by atoms with Gasteiger partial charge in [-0.15, -0.1) is 11.3 Å². The van der Waals surface area contributed by atoms with Gasteiger partial charge in [0.1, 0.15) is 11.2 Å². The van der Waals surface area contributed by atoms with Crippen molar-refractivity contribution in [2.24, 2.45) is 0 Å². The van der Waals surface area contributed by atoms with Crippen LogP contribution in [0.5, 0.6) is 0 Å². The maximum absolute atomic E-state index is 6.98. The van der Waals surface area contributed by atoms with Crippen molar-refractivity contribution in [1.29, 1.82) is 0 Å². The Labute approximate surface area is 336 Å². The maximum atomic E-state index is 6.98. The molecule has 2 aliphatic rings. The molecule has 270 valence electrons. The second-order valence-electron chi connectivity index (χ2n) is 15.4. The summed E-state index contributed by atoms with van der Waals surface area (Å²) in [6.07, 6.45) is 3.38. The van der Waals surface area contributed by atoms with Gasteiger partial charge in [0, 0.05) is 64.7 Å². The number of para-hydroxylation sites is 3. The summed E-state index contributed by atoms with van der Waals surface area (Å²) in [6.45, 7) is 2.16. The Balaban J connectivity index is 1.29. The van der Waals surface area contributed by atoms with Crippen LogP contribution in [0.25, 0.3) is 64.4 Å². The van der Waals surface area contributed by atoms with Gasteiger partial charge in [-0.05, 0) is 89.5 Å². The molecule has 8 aromatic carbocycles. The van der Waals surface area contributed by atoms with E-state index >= 15 is 0 Å². The van der Waals surface area contributed by atoms with Crippen LogP contribution in [0.3, 0.4) is 0 Å². The highest BCUT2D eigenvalue weighted by Crippen LogP contribution is 2.54. The normalized spacial score (nSPS) is 13.1. The van der Waals surface area contributed by atoms with Gasteiger partial charge in [-0.2, -0.15) is 0 Å². The van der Waals surface area contributed by atoms with Crippen molar-refractivity contribution >= 4 is 99.7 Å². The first-order chi connectivity index (χ1) is 28.3. The number of nitrogens with zero attached hydrogens (tertiary/aromatic N) is 2. The Hall–Kier alpha value is -6.56. The highest BCUT2D eigenvalue weighted by molar-refractivity contribution is 7.26.